The van der Waals surface area contributed by atoms with Crippen molar-refractivity contribution in [3.05, 3.63) is 65.2 Å². The second-order valence-corrected chi connectivity index (χ2v) is 5.26. The monoisotopic (exact) mass is 283 g/mol. The zero-order valence-electron chi connectivity index (χ0n) is 12.7. The van der Waals surface area contributed by atoms with E-state index in [9.17, 15) is 4.79 Å². The number of para-hydroxylation sites is 1. The Morgan fingerprint density at radius 1 is 1.10 bits per heavy atom. The molecule has 0 spiro atoms. The minimum absolute atomic E-state index is 0.0763. The van der Waals surface area contributed by atoms with Gasteiger partial charge in [-0.05, 0) is 35.2 Å². The molecule has 0 radical (unpaired) electrons. The number of hydrogen-bond donors (Lipinski definition) is 1. The average molecular weight is 283 g/mol. The number of amides is 1. The number of benzene rings is 2. The molecule has 0 atom stereocenters. The Labute approximate surface area is 126 Å². The summed E-state index contributed by atoms with van der Waals surface area (Å²) >= 11 is 0. The Morgan fingerprint density at radius 3 is 2.38 bits per heavy atom. The van der Waals surface area contributed by atoms with Gasteiger partial charge in [-0.3, -0.25) is 4.79 Å². The predicted octanol–water partition coefficient (Wildman–Crippen LogP) is 3.75. The molecule has 0 heterocycles. The van der Waals surface area contributed by atoms with Crippen LogP contribution in [0.2, 0.25) is 0 Å². The summed E-state index contributed by atoms with van der Waals surface area (Å²) in [6, 6.07) is 15.6. The highest BCUT2D eigenvalue weighted by atomic mass is 16.5. The van der Waals surface area contributed by atoms with Gasteiger partial charge in [0.2, 0.25) is 0 Å². The molecule has 0 aliphatic carbocycles. The largest absolute Gasteiger partial charge is 0.489 e. The minimum Gasteiger partial charge on any atom is -0.489 e. The van der Waals surface area contributed by atoms with Crippen molar-refractivity contribution in [2.75, 3.05) is 7.05 Å². The Hall–Kier alpha value is -2.29. The van der Waals surface area contributed by atoms with Crippen molar-refractivity contribution in [2.45, 2.75) is 26.4 Å². The summed E-state index contributed by atoms with van der Waals surface area (Å²) in [5, 5.41) is 2.61. The van der Waals surface area contributed by atoms with E-state index in [1.807, 2.05) is 42.5 Å². The van der Waals surface area contributed by atoms with Gasteiger partial charge in [0.15, 0.2) is 0 Å². The Morgan fingerprint density at radius 2 is 1.76 bits per heavy atom. The highest BCUT2D eigenvalue weighted by Crippen LogP contribution is 2.26. The van der Waals surface area contributed by atoms with Crippen LogP contribution in [-0.4, -0.2) is 13.0 Å². The molecule has 0 saturated carbocycles. The number of hydrogen-bond acceptors (Lipinski definition) is 2. The molecule has 3 heteroatoms. The molecule has 0 fully saturated rings. The first-order valence-corrected chi connectivity index (χ1v) is 7.14. The standard InChI is InChI=1S/C18H21NO2/c1-13(2)16-6-4-5-7-17(16)21-12-14-8-10-15(11-9-14)18(20)19-3/h4-11,13H,12H2,1-3H3,(H,19,20). The number of nitrogens with one attached hydrogen (secondary N) is 1. The summed E-state index contributed by atoms with van der Waals surface area (Å²) < 4.78 is 5.91. The fraction of sp³-hybridized carbons (Fsp3) is 0.278. The van der Waals surface area contributed by atoms with Crippen LogP contribution in [0.3, 0.4) is 0 Å². The third-order valence-corrected chi connectivity index (χ3v) is 3.38. The molecule has 3 nitrogen and oxygen atoms in total. The Balaban J connectivity index is 2.05. The van der Waals surface area contributed by atoms with Crippen molar-refractivity contribution >= 4 is 5.91 Å². The summed E-state index contributed by atoms with van der Waals surface area (Å²) in [5.74, 6) is 1.27. The van der Waals surface area contributed by atoms with E-state index in [0.717, 1.165) is 11.3 Å². The quantitative estimate of drug-likeness (QED) is 0.907. The zero-order valence-corrected chi connectivity index (χ0v) is 12.7. The summed E-state index contributed by atoms with van der Waals surface area (Å²) in [5.41, 5.74) is 2.91. The van der Waals surface area contributed by atoms with E-state index in [0.29, 0.717) is 18.1 Å². The molecule has 1 N–H and O–H groups in total. The molecule has 0 aromatic heterocycles. The van der Waals surface area contributed by atoms with E-state index in [4.69, 9.17) is 4.74 Å². The molecule has 21 heavy (non-hydrogen) atoms. The van der Waals surface area contributed by atoms with Crippen LogP contribution in [0.5, 0.6) is 5.75 Å². The van der Waals surface area contributed by atoms with Gasteiger partial charge in [0.1, 0.15) is 12.4 Å². The number of carbonyl (C=O) groups excluding carboxylic acids is 1. The predicted molar refractivity (Wildman–Crippen MR) is 84.7 cm³/mol. The lowest BCUT2D eigenvalue weighted by Crippen LogP contribution is -2.17. The van der Waals surface area contributed by atoms with E-state index in [1.54, 1.807) is 7.05 Å². The van der Waals surface area contributed by atoms with Gasteiger partial charge in [-0.15, -0.1) is 0 Å². The second kappa shape index (κ2) is 6.93. The normalized spacial score (nSPS) is 10.5. The van der Waals surface area contributed by atoms with Gasteiger partial charge in [-0.1, -0.05) is 44.2 Å². The maximum absolute atomic E-state index is 11.5. The number of rotatable bonds is 5. The van der Waals surface area contributed by atoms with Gasteiger partial charge in [0.05, 0.1) is 0 Å². The lowest BCUT2D eigenvalue weighted by Gasteiger charge is -2.14. The van der Waals surface area contributed by atoms with Crippen molar-refractivity contribution in [3.8, 4) is 5.75 Å². The van der Waals surface area contributed by atoms with Crippen LogP contribution in [0.1, 0.15) is 41.3 Å². The molecule has 2 aromatic carbocycles. The van der Waals surface area contributed by atoms with Crippen LogP contribution in [0, 0.1) is 0 Å². The summed E-state index contributed by atoms with van der Waals surface area (Å²) in [4.78, 5) is 11.5. The topological polar surface area (TPSA) is 38.3 Å². The van der Waals surface area contributed by atoms with Crippen molar-refractivity contribution in [2.24, 2.45) is 0 Å². The van der Waals surface area contributed by atoms with Crippen LogP contribution in [0.25, 0.3) is 0 Å². The molecular formula is C18H21NO2. The fourth-order valence-electron chi connectivity index (χ4n) is 2.15. The first-order chi connectivity index (χ1) is 10.1. The molecule has 0 unspecified atom stereocenters. The van der Waals surface area contributed by atoms with Gasteiger partial charge in [0.25, 0.3) is 5.91 Å². The lowest BCUT2D eigenvalue weighted by atomic mass is 10.0. The molecule has 2 aromatic rings. The Bertz CT molecular complexity index is 603. The molecular weight excluding hydrogens is 262 g/mol. The number of carbonyl (C=O) groups is 1. The third-order valence-electron chi connectivity index (χ3n) is 3.38. The van der Waals surface area contributed by atoms with Crippen LogP contribution in [-0.2, 0) is 6.61 Å². The van der Waals surface area contributed by atoms with Gasteiger partial charge in [-0.2, -0.15) is 0 Å². The van der Waals surface area contributed by atoms with Crippen LogP contribution >= 0.6 is 0 Å². The summed E-state index contributed by atoms with van der Waals surface area (Å²) in [6.07, 6.45) is 0. The Kier molecular flexibility index (Phi) is 4.99. The van der Waals surface area contributed by atoms with E-state index < -0.39 is 0 Å². The van der Waals surface area contributed by atoms with E-state index >= 15 is 0 Å². The molecule has 0 aliphatic rings. The van der Waals surface area contributed by atoms with E-state index in [2.05, 4.69) is 25.2 Å². The van der Waals surface area contributed by atoms with Gasteiger partial charge >= 0.3 is 0 Å². The first-order valence-electron chi connectivity index (χ1n) is 7.14. The molecule has 0 aliphatic heterocycles. The maximum Gasteiger partial charge on any atom is 0.251 e. The summed E-state index contributed by atoms with van der Waals surface area (Å²) in [7, 11) is 1.63. The smallest absolute Gasteiger partial charge is 0.251 e. The third kappa shape index (κ3) is 3.85. The molecule has 0 bridgehead atoms. The SMILES string of the molecule is CNC(=O)c1ccc(COc2ccccc2C(C)C)cc1. The number of ether oxygens (including phenoxy) is 1. The van der Waals surface area contributed by atoms with Gasteiger partial charge in [0, 0.05) is 12.6 Å². The molecule has 110 valence electrons. The van der Waals surface area contributed by atoms with Crippen molar-refractivity contribution in [3.63, 3.8) is 0 Å². The second-order valence-electron chi connectivity index (χ2n) is 5.26. The lowest BCUT2D eigenvalue weighted by molar-refractivity contribution is 0.0963. The highest BCUT2D eigenvalue weighted by Gasteiger charge is 2.07. The first kappa shape index (κ1) is 15.1. The van der Waals surface area contributed by atoms with Gasteiger partial charge in [-0.25, -0.2) is 0 Å². The van der Waals surface area contributed by atoms with Crippen molar-refractivity contribution < 1.29 is 9.53 Å². The van der Waals surface area contributed by atoms with Crippen molar-refractivity contribution in [1.29, 1.82) is 0 Å². The van der Waals surface area contributed by atoms with Crippen molar-refractivity contribution in [1.82, 2.24) is 5.32 Å². The maximum atomic E-state index is 11.5. The van der Waals surface area contributed by atoms with E-state index in [1.165, 1.54) is 5.56 Å². The fourth-order valence-corrected chi connectivity index (χ4v) is 2.15. The average Bonchev–Trinajstić information content (AvgIpc) is 2.52. The van der Waals surface area contributed by atoms with Gasteiger partial charge < -0.3 is 10.1 Å². The van der Waals surface area contributed by atoms with E-state index in [-0.39, 0.29) is 5.91 Å². The van der Waals surface area contributed by atoms with Crippen LogP contribution in [0.15, 0.2) is 48.5 Å². The zero-order chi connectivity index (χ0) is 15.2. The molecule has 2 rings (SSSR count). The molecule has 0 saturated heterocycles. The minimum atomic E-state index is -0.0763. The molecule has 1 amide bonds. The highest BCUT2D eigenvalue weighted by molar-refractivity contribution is 5.93. The van der Waals surface area contributed by atoms with Crippen LogP contribution in [0.4, 0.5) is 0 Å². The van der Waals surface area contributed by atoms with Crippen LogP contribution < -0.4 is 10.1 Å². The summed E-state index contributed by atoms with van der Waals surface area (Å²) in [6.45, 7) is 4.80.